The largest absolute Gasteiger partial charge is 0.484 e. The molecule has 106 valence electrons. The highest BCUT2D eigenvalue weighted by atomic mass is 35.5. The predicted molar refractivity (Wildman–Crippen MR) is 84.6 cm³/mol. The average molecular weight is 290 g/mol. The summed E-state index contributed by atoms with van der Waals surface area (Å²) >= 11 is 6.14. The highest BCUT2D eigenvalue weighted by molar-refractivity contribution is 6.31. The highest BCUT2D eigenvalue weighted by Crippen LogP contribution is 2.26. The third-order valence-electron chi connectivity index (χ3n) is 3.24. The van der Waals surface area contributed by atoms with Gasteiger partial charge in [-0.25, -0.2) is 0 Å². The molecular formula is C17H20ClNO. The van der Waals surface area contributed by atoms with E-state index in [1.165, 1.54) is 0 Å². The van der Waals surface area contributed by atoms with Crippen molar-refractivity contribution in [1.29, 1.82) is 0 Å². The van der Waals surface area contributed by atoms with E-state index in [9.17, 15) is 0 Å². The molecule has 0 saturated heterocycles. The summed E-state index contributed by atoms with van der Waals surface area (Å²) in [5.41, 5.74) is 2.27. The maximum Gasteiger partial charge on any atom is 0.136 e. The molecule has 0 spiro atoms. The van der Waals surface area contributed by atoms with Gasteiger partial charge in [0.15, 0.2) is 0 Å². The van der Waals surface area contributed by atoms with E-state index in [-0.39, 0.29) is 6.10 Å². The summed E-state index contributed by atoms with van der Waals surface area (Å²) < 4.78 is 6.12. The van der Waals surface area contributed by atoms with Crippen LogP contribution in [0.15, 0.2) is 48.5 Å². The Labute approximate surface area is 125 Å². The Morgan fingerprint density at radius 1 is 1.15 bits per heavy atom. The van der Waals surface area contributed by atoms with Crippen LogP contribution in [0.4, 0.5) is 0 Å². The minimum atomic E-state index is -0.00733. The molecule has 3 heteroatoms. The highest BCUT2D eigenvalue weighted by Gasteiger charge is 2.12. The first-order chi connectivity index (χ1) is 9.74. The van der Waals surface area contributed by atoms with E-state index in [0.717, 1.165) is 34.9 Å². The van der Waals surface area contributed by atoms with Gasteiger partial charge >= 0.3 is 0 Å². The van der Waals surface area contributed by atoms with E-state index in [1.807, 2.05) is 43.4 Å². The van der Waals surface area contributed by atoms with E-state index >= 15 is 0 Å². The van der Waals surface area contributed by atoms with Crippen LogP contribution in [-0.4, -0.2) is 13.6 Å². The molecule has 0 aliphatic heterocycles. The molecule has 0 aliphatic rings. The topological polar surface area (TPSA) is 21.3 Å². The second-order valence-electron chi connectivity index (χ2n) is 4.68. The first-order valence-corrected chi connectivity index (χ1v) is 7.27. The Kier molecular flexibility index (Phi) is 5.45. The SMILES string of the molecule is CCc1cc(OC(CNC)c2ccccc2)ccc1Cl. The second kappa shape index (κ2) is 7.32. The summed E-state index contributed by atoms with van der Waals surface area (Å²) in [6.45, 7) is 2.85. The number of halogens is 1. The lowest BCUT2D eigenvalue weighted by Crippen LogP contribution is -2.21. The molecule has 2 rings (SSSR count). The average Bonchev–Trinajstić information content (AvgIpc) is 2.49. The predicted octanol–water partition coefficient (Wildman–Crippen LogP) is 4.24. The fourth-order valence-electron chi connectivity index (χ4n) is 2.14. The van der Waals surface area contributed by atoms with E-state index < -0.39 is 0 Å². The number of ether oxygens (including phenoxy) is 1. The summed E-state index contributed by atoms with van der Waals surface area (Å²) in [7, 11) is 1.93. The summed E-state index contributed by atoms with van der Waals surface area (Å²) in [5.74, 6) is 0.857. The molecule has 1 N–H and O–H groups in total. The van der Waals surface area contributed by atoms with E-state index in [1.54, 1.807) is 0 Å². The molecule has 2 nitrogen and oxygen atoms in total. The molecule has 1 unspecified atom stereocenters. The van der Waals surface area contributed by atoms with Gasteiger partial charge in [0.25, 0.3) is 0 Å². The van der Waals surface area contributed by atoms with Crippen molar-refractivity contribution in [3.8, 4) is 5.75 Å². The Bertz CT molecular complexity index is 542. The van der Waals surface area contributed by atoms with Gasteiger partial charge in [0.1, 0.15) is 11.9 Å². The standard InChI is InChI=1S/C17H20ClNO/c1-3-13-11-15(9-10-16(13)18)20-17(12-19-2)14-7-5-4-6-8-14/h4-11,17,19H,3,12H2,1-2H3. The second-order valence-corrected chi connectivity index (χ2v) is 5.09. The van der Waals surface area contributed by atoms with Gasteiger partial charge in [-0.1, -0.05) is 48.9 Å². The maximum atomic E-state index is 6.14. The Hall–Kier alpha value is -1.51. The third kappa shape index (κ3) is 3.75. The fourth-order valence-corrected chi connectivity index (χ4v) is 2.39. The molecule has 0 heterocycles. The number of hydrogen-bond donors (Lipinski definition) is 1. The van der Waals surface area contributed by atoms with Crippen LogP contribution in [0.25, 0.3) is 0 Å². The third-order valence-corrected chi connectivity index (χ3v) is 3.61. The van der Waals surface area contributed by atoms with E-state index in [2.05, 4.69) is 24.4 Å². The first kappa shape index (κ1) is 14.9. The van der Waals surface area contributed by atoms with Gasteiger partial charge in [0.05, 0.1) is 0 Å². The molecule has 0 saturated carbocycles. The zero-order valence-electron chi connectivity index (χ0n) is 11.9. The van der Waals surface area contributed by atoms with Crippen molar-refractivity contribution in [1.82, 2.24) is 5.32 Å². The molecule has 0 aliphatic carbocycles. The van der Waals surface area contributed by atoms with Gasteiger partial charge in [-0.2, -0.15) is 0 Å². The molecule has 2 aromatic carbocycles. The lowest BCUT2D eigenvalue weighted by molar-refractivity contribution is 0.205. The van der Waals surface area contributed by atoms with Gasteiger partial charge in [0.2, 0.25) is 0 Å². The zero-order chi connectivity index (χ0) is 14.4. The Morgan fingerprint density at radius 3 is 2.55 bits per heavy atom. The quantitative estimate of drug-likeness (QED) is 0.859. The number of benzene rings is 2. The van der Waals surface area contributed by atoms with Crippen molar-refractivity contribution in [2.24, 2.45) is 0 Å². The minimum Gasteiger partial charge on any atom is -0.484 e. The molecule has 2 aromatic rings. The van der Waals surface area contributed by atoms with Crippen LogP contribution >= 0.6 is 11.6 Å². The van der Waals surface area contributed by atoms with Gasteiger partial charge in [-0.15, -0.1) is 0 Å². The van der Waals surface area contributed by atoms with Gasteiger partial charge in [-0.05, 0) is 42.8 Å². The van der Waals surface area contributed by atoms with Crippen LogP contribution in [-0.2, 0) is 6.42 Å². The fraction of sp³-hybridized carbons (Fsp3) is 0.294. The van der Waals surface area contributed by atoms with Crippen LogP contribution in [0, 0.1) is 0 Å². The maximum absolute atomic E-state index is 6.14. The first-order valence-electron chi connectivity index (χ1n) is 6.89. The number of aryl methyl sites for hydroxylation is 1. The Morgan fingerprint density at radius 2 is 1.90 bits per heavy atom. The van der Waals surface area contributed by atoms with Crippen molar-refractivity contribution < 1.29 is 4.74 Å². The van der Waals surface area contributed by atoms with Crippen LogP contribution in [0.3, 0.4) is 0 Å². The molecule has 20 heavy (non-hydrogen) atoms. The number of likely N-dealkylation sites (N-methyl/N-ethyl adjacent to an activating group) is 1. The van der Waals surface area contributed by atoms with Crippen molar-refractivity contribution in [3.63, 3.8) is 0 Å². The van der Waals surface area contributed by atoms with Crippen LogP contribution in [0.1, 0.15) is 24.2 Å². The smallest absolute Gasteiger partial charge is 0.136 e. The van der Waals surface area contributed by atoms with Crippen LogP contribution < -0.4 is 10.1 Å². The monoisotopic (exact) mass is 289 g/mol. The lowest BCUT2D eigenvalue weighted by atomic mass is 10.1. The normalized spacial score (nSPS) is 12.2. The molecule has 0 bridgehead atoms. The molecule has 0 radical (unpaired) electrons. The van der Waals surface area contributed by atoms with Crippen LogP contribution in [0.5, 0.6) is 5.75 Å². The van der Waals surface area contributed by atoms with Crippen molar-refractivity contribution in [3.05, 3.63) is 64.7 Å². The summed E-state index contributed by atoms with van der Waals surface area (Å²) in [4.78, 5) is 0. The van der Waals surface area contributed by atoms with E-state index in [4.69, 9.17) is 16.3 Å². The van der Waals surface area contributed by atoms with Crippen molar-refractivity contribution in [2.45, 2.75) is 19.4 Å². The molecule has 1 atom stereocenters. The number of hydrogen-bond acceptors (Lipinski definition) is 2. The summed E-state index contributed by atoms with van der Waals surface area (Å²) in [6.07, 6.45) is 0.894. The number of nitrogens with one attached hydrogen (secondary N) is 1. The molecule has 0 amide bonds. The van der Waals surface area contributed by atoms with Crippen LogP contribution in [0.2, 0.25) is 5.02 Å². The number of rotatable bonds is 6. The summed E-state index contributed by atoms with van der Waals surface area (Å²) in [5, 5.41) is 3.97. The van der Waals surface area contributed by atoms with Crippen molar-refractivity contribution >= 4 is 11.6 Å². The Balaban J connectivity index is 2.20. The molecular weight excluding hydrogens is 270 g/mol. The lowest BCUT2D eigenvalue weighted by Gasteiger charge is -2.20. The zero-order valence-corrected chi connectivity index (χ0v) is 12.7. The molecule has 0 fully saturated rings. The van der Waals surface area contributed by atoms with Crippen molar-refractivity contribution in [2.75, 3.05) is 13.6 Å². The van der Waals surface area contributed by atoms with Gasteiger partial charge in [0, 0.05) is 11.6 Å². The van der Waals surface area contributed by atoms with E-state index in [0.29, 0.717) is 0 Å². The minimum absolute atomic E-state index is 0.00733. The molecule has 0 aromatic heterocycles. The van der Waals surface area contributed by atoms with Gasteiger partial charge < -0.3 is 10.1 Å². The van der Waals surface area contributed by atoms with Gasteiger partial charge in [-0.3, -0.25) is 0 Å². The summed E-state index contributed by atoms with van der Waals surface area (Å²) in [6, 6.07) is 16.1.